The van der Waals surface area contributed by atoms with Crippen molar-refractivity contribution in [2.24, 2.45) is 10.1 Å². The van der Waals surface area contributed by atoms with E-state index >= 15 is 0 Å². The molecule has 29 heavy (non-hydrogen) atoms. The van der Waals surface area contributed by atoms with Crippen LogP contribution in [-0.4, -0.2) is 15.9 Å². The van der Waals surface area contributed by atoms with E-state index in [0.29, 0.717) is 31.8 Å². The van der Waals surface area contributed by atoms with Gasteiger partial charge in [-0.1, -0.05) is 41.4 Å². The van der Waals surface area contributed by atoms with Crippen molar-refractivity contribution in [3.63, 3.8) is 0 Å². The number of para-hydroxylation sites is 1. The third kappa shape index (κ3) is 4.45. The molecule has 2 aromatic carbocycles. The van der Waals surface area contributed by atoms with Crippen molar-refractivity contribution in [1.82, 2.24) is 9.66 Å². The molecule has 0 saturated carbocycles. The number of nitrogens with zero attached hydrogens (tertiary/aromatic N) is 4. The molecule has 0 aliphatic carbocycles. The fourth-order valence-corrected chi connectivity index (χ4v) is 3.81. The van der Waals surface area contributed by atoms with E-state index in [2.05, 4.69) is 15.1 Å². The number of aromatic nitrogens is 2. The van der Waals surface area contributed by atoms with Crippen LogP contribution < -0.4 is 4.80 Å². The molecule has 0 saturated heterocycles. The first-order valence-electron chi connectivity index (χ1n) is 8.52. The number of thiazole rings is 1. The maximum atomic E-state index is 14.1. The molecule has 0 atom stereocenters. The van der Waals surface area contributed by atoms with Crippen molar-refractivity contribution >= 4 is 46.4 Å². The summed E-state index contributed by atoms with van der Waals surface area (Å²) >= 11 is 13.9. The average molecular weight is 443 g/mol. The average Bonchev–Trinajstić information content (AvgIpc) is 3.13. The fourth-order valence-electron chi connectivity index (χ4n) is 2.58. The summed E-state index contributed by atoms with van der Waals surface area (Å²) in [5.74, 6) is -0.413. The Morgan fingerprint density at radius 3 is 2.66 bits per heavy atom. The van der Waals surface area contributed by atoms with E-state index in [0.717, 1.165) is 0 Å². The summed E-state index contributed by atoms with van der Waals surface area (Å²) in [6.45, 7) is 0. The maximum Gasteiger partial charge on any atom is 0.211 e. The zero-order valence-corrected chi connectivity index (χ0v) is 17.2. The van der Waals surface area contributed by atoms with Crippen LogP contribution in [0.3, 0.4) is 0 Å². The minimum atomic E-state index is -0.413. The van der Waals surface area contributed by atoms with Crippen LogP contribution in [0.1, 0.15) is 5.69 Å². The summed E-state index contributed by atoms with van der Waals surface area (Å²) in [5.41, 5.74) is 2.28. The van der Waals surface area contributed by atoms with Gasteiger partial charge in [-0.05, 0) is 42.5 Å². The summed E-state index contributed by atoms with van der Waals surface area (Å²) in [6.07, 6.45) is 3.29. The van der Waals surface area contributed by atoms with Gasteiger partial charge in [0.2, 0.25) is 4.80 Å². The van der Waals surface area contributed by atoms with Crippen molar-refractivity contribution in [2.45, 2.75) is 0 Å². The first kappa shape index (κ1) is 19.5. The highest BCUT2D eigenvalue weighted by Gasteiger charge is 2.12. The summed E-state index contributed by atoms with van der Waals surface area (Å²) < 4.78 is 15.7. The predicted molar refractivity (Wildman–Crippen MR) is 117 cm³/mol. The van der Waals surface area contributed by atoms with Crippen molar-refractivity contribution in [3.05, 3.63) is 98.6 Å². The van der Waals surface area contributed by atoms with Crippen LogP contribution in [0.4, 0.5) is 10.1 Å². The molecular weight excluding hydrogens is 430 g/mol. The lowest BCUT2D eigenvalue weighted by Gasteiger charge is -2.06. The van der Waals surface area contributed by atoms with Gasteiger partial charge in [0.05, 0.1) is 22.6 Å². The molecule has 0 spiro atoms. The van der Waals surface area contributed by atoms with Crippen LogP contribution in [0.25, 0.3) is 11.3 Å². The minimum Gasteiger partial charge on any atom is -0.255 e. The van der Waals surface area contributed by atoms with Crippen molar-refractivity contribution < 1.29 is 4.39 Å². The summed E-state index contributed by atoms with van der Waals surface area (Å²) in [6, 6.07) is 17.0. The highest BCUT2D eigenvalue weighted by molar-refractivity contribution is 7.07. The topological polar surface area (TPSA) is 42.5 Å². The third-order valence-electron chi connectivity index (χ3n) is 3.95. The molecule has 4 aromatic rings. The van der Waals surface area contributed by atoms with Crippen LogP contribution in [-0.2, 0) is 0 Å². The first-order valence-corrected chi connectivity index (χ1v) is 10.2. The highest BCUT2D eigenvalue weighted by Crippen LogP contribution is 2.31. The van der Waals surface area contributed by atoms with Gasteiger partial charge >= 0.3 is 0 Å². The van der Waals surface area contributed by atoms with Gasteiger partial charge < -0.3 is 0 Å². The molecule has 0 N–H and O–H groups in total. The monoisotopic (exact) mass is 442 g/mol. The Bertz CT molecular complexity index is 1250. The first-order chi connectivity index (χ1) is 14.1. The van der Waals surface area contributed by atoms with Gasteiger partial charge in [-0.15, -0.1) is 11.3 Å². The molecule has 0 radical (unpaired) electrons. The maximum absolute atomic E-state index is 14.1. The molecule has 8 heteroatoms. The smallest absolute Gasteiger partial charge is 0.211 e. The van der Waals surface area contributed by atoms with Crippen molar-refractivity contribution in [3.8, 4) is 11.3 Å². The zero-order chi connectivity index (χ0) is 20.2. The second-order valence-electron chi connectivity index (χ2n) is 5.90. The van der Waals surface area contributed by atoms with E-state index in [9.17, 15) is 4.39 Å². The molecule has 2 aromatic heterocycles. The number of halogens is 3. The number of hydrogen-bond acceptors (Lipinski definition) is 4. The molecule has 0 aliphatic heterocycles. The Morgan fingerprint density at radius 1 is 1.03 bits per heavy atom. The number of hydrogen-bond donors (Lipinski definition) is 0. The summed E-state index contributed by atoms with van der Waals surface area (Å²) in [5, 5.41) is 7.45. The quantitative estimate of drug-likeness (QED) is 0.348. The SMILES string of the molecule is Fc1ccccc1N=c1scc(-c2cc(Cl)ccc2Cl)n1N=Cc1ccccn1. The van der Waals surface area contributed by atoms with Gasteiger partial charge in [0.25, 0.3) is 0 Å². The van der Waals surface area contributed by atoms with Crippen LogP contribution in [0.5, 0.6) is 0 Å². The van der Waals surface area contributed by atoms with E-state index < -0.39 is 5.82 Å². The van der Waals surface area contributed by atoms with Crippen molar-refractivity contribution in [2.75, 3.05) is 0 Å². The third-order valence-corrected chi connectivity index (χ3v) is 5.33. The fraction of sp³-hybridized carbons (Fsp3) is 0. The molecule has 0 amide bonds. The van der Waals surface area contributed by atoms with E-state index in [1.807, 2.05) is 23.6 Å². The second-order valence-corrected chi connectivity index (χ2v) is 7.58. The predicted octanol–water partition coefficient (Wildman–Crippen LogP) is 6.17. The molecule has 2 heterocycles. The Balaban J connectivity index is 1.91. The molecule has 4 rings (SSSR count). The largest absolute Gasteiger partial charge is 0.255 e. The summed E-state index contributed by atoms with van der Waals surface area (Å²) in [7, 11) is 0. The van der Waals surface area contributed by atoms with E-state index in [-0.39, 0.29) is 5.69 Å². The van der Waals surface area contributed by atoms with Crippen molar-refractivity contribution in [1.29, 1.82) is 0 Å². The lowest BCUT2D eigenvalue weighted by Crippen LogP contribution is -2.12. The van der Waals surface area contributed by atoms with E-state index in [1.165, 1.54) is 17.4 Å². The van der Waals surface area contributed by atoms with Gasteiger partial charge in [-0.25, -0.2) is 14.1 Å². The standard InChI is InChI=1S/C21H13Cl2FN4S/c22-14-8-9-17(23)16(11-14)20-13-29-21(27-19-7-2-1-6-18(19)24)28(20)26-12-15-5-3-4-10-25-15/h1-13H. The van der Waals surface area contributed by atoms with Gasteiger partial charge in [0.15, 0.2) is 0 Å². The van der Waals surface area contributed by atoms with Crippen LogP contribution in [0.2, 0.25) is 10.0 Å². The van der Waals surface area contributed by atoms with E-state index in [1.54, 1.807) is 53.5 Å². The van der Waals surface area contributed by atoms with Gasteiger partial charge in [-0.3, -0.25) is 4.98 Å². The molecule has 0 aliphatic rings. The molecule has 0 fully saturated rings. The number of benzene rings is 2. The molecule has 0 bridgehead atoms. The summed E-state index contributed by atoms with van der Waals surface area (Å²) in [4.78, 5) is 9.17. The normalized spacial score (nSPS) is 12.0. The Kier molecular flexibility index (Phi) is 5.85. The minimum absolute atomic E-state index is 0.222. The Labute approximate surface area is 180 Å². The van der Waals surface area contributed by atoms with Gasteiger partial charge in [0, 0.05) is 22.2 Å². The highest BCUT2D eigenvalue weighted by atomic mass is 35.5. The molecule has 144 valence electrons. The van der Waals surface area contributed by atoms with E-state index in [4.69, 9.17) is 23.2 Å². The lowest BCUT2D eigenvalue weighted by atomic mass is 10.2. The molecule has 4 nitrogen and oxygen atoms in total. The zero-order valence-electron chi connectivity index (χ0n) is 14.8. The number of pyridine rings is 1. The Hall–Kier alpha value is -2.80. The number of rotatable bonds is 4. The lowest BCUT2D eigenvalue weighted by molar-refractivity contribution is 0.628. The molecule has 0 unspecified atom stereocenters. The van der Waals surface area contributed by atoms with Gasteiger partial charge in [-0.2, -0.15) is 5.10 Å². The van der Waals surface area contributed by atoms with Crippen LogP contribution in [0.15, 0.2) is 82.3 Å². The van der Waals surface area contributed by atoms with Crippen LogP contribution >= 0.6 is 34.5 Å². The second kappa shape index (κ2) is 8.69. The van der Waals surface area contributed by atoms with Gasteiger partial charge in [0.1, 0.15) is 11.5 Å². The van der Waals surface area contributed by atoms with Crippen LogP contribution in [0, 0.1) is 5.82 Å². The molecular formula is C21H13Cl2FN4S. The Morgan fingerprint density at radius 2 is 1.86 bits per heavy atom.